The summed E-state index contributed by atoms with van der Waals surface area (Å²) >= 11 is 5.93. The van der Waals surface area contributed by atoms with Gasteiger partial charge in [0, 0.05) is 38.2 Å². The lowest BCUT2D eigenvalue weighted by Gasteiger charge is -2.31. The summed E-state index contributed by atoms with van der Waals surface area (Å²) in [5.74, 6) is -0.188. The third kappa shape index (κ3) is 3.84. The molecule has 0 aliphatic carbocycles. The van der Waals surface area contributed by atoms with Gasteiger partial charge in [-0.3, -0.25) is 4.90 Å². The Morgan fingerprint density at radius 2 is 2.12 bits per heavy atom. The highest BCUT2D eigenvalue weighted by Gasteiger charge is 2.49. The topological polar surface area (TPSA) is 78.2 Å². The zero-order valence-electron chi connectivity index (χ0n) is 17.7. The second-order valence-corrected chi connectivity index (χ2v) is 9.42. The Morgan fingerprint density at radius 1 is 1.25 bits per heavy atom. The van der Waals surface area contributed by atoms with E-state index >= 15 is 0 Å². The van der Waals surface area contributed by atoms with Crippen molar-refractivity contribution < 1.29 is 13.5 Å². The molecule has 3 fully saturated rings. The van der Waals surface area contributed by atoms with E-state index < -0.39 is 12.0 Å². The minimum Gasteiger partial charge on any atom is -0.461 e. The first-order valence-electron chi connectivity index (χ1n) is 11.2. The van der Waals surface area contributed by atoms with Crippen molar-refractivity contribution in [2.45, 2.75) is 50.2 Å². The van der Waals surface area contributed by atoms with Crippen molar-refractivity contribution >= 4 is 28.3 Å². The normalized spacial score (nSPS) is 28.5. The minimum absolute atomic E-state index is 0.00316. The molecule has 2 aromatic rings. The van der Waals surface area contributed by atoms with Crippen molar-refractivity contribution in [3.05, 3.63) is 17.2 Å². The summed E-state index contributed by atoms with van der Waals surface area (Å²) in [6.45, 7) is 2.86. The van der Waals surface area contributed by atoms with Gasteiger partial charge in [-0.15, -0.1) is 0 Å². The zero-order valence-corrected chi connectivity index (χ0v) is 18.5. The van der Waals surface area contributed by atoms with Crippen molar-refractivity contribution in [1.82, 2.24) is 19.9 Å². The smallest absolute Gasteiger partial charge is 0.319 e. The lowest BCUT2D eigenvalue weighted by Crippen LogP contribution is -2.43. The van der Waals surface area contributed by atoms with Gasteiger partial charge < -0.3 is 9.64 Å². The highest BCUT2D eigenvalue weighted by molar-refractivity contribution is 6.30. The number of pyridine rings is 1. The SMILES string of the molecule is N#CC1CCCN(c2nc(OC[C@@]34CCCN3C[C@H](F)C4)nc3c(F)c(Cl)ncc23)CC1. The average Bonchev–Trinajstić information content (AvgIpc) is 3.19. The fraction of sp³-hybridized carbons (Fsp3) is 0.636. The Labute approximate surface area is 190 Å². The van der Waals surface area contributed by atoms with Crippen LogP contribution >= 0.6 is 11.6 Å². The Morgan fingerprint density at radius 3 is 2.97 bits per heavy atom. The first kappa shape index (κ1) is 21.5. The molecule has 5 heterocycles. The van der Waals surface area contributed by atoms with Crippen LogP contribution in [0.1, 0.15) is 38.5 Å². The zero-order chi connectivity index (χ0) is 22.3. The molecule has 0 radical (unpaired) electrons. The van der Waals surface area contributed by atoms with E-state index in [4.69, 9.17) is 16.3 Å². The predicted molar refractivity (Wildman–Crippen MR) is 116 cm³/mol. The molecule has 3 atom stereocenters. The number of alkyl halides is 1. The van der Waals surface area contributed by atoms with E-state index in [1.54, 1.807) is 0 Å². The largest absolute Gasteiger partial charge is 0.461 e. The maximum Gasteiger partial charge on any atom is 0.319 e. The molecule has 3 aliphatic rings. The minimum atomic E-state index is -0.862. The maximum atomic E-state index is 14.9. The lowest BCUT2D eigenvalue weighted by molar-refractivity contribution is 0.107. The molecule has 0 aromatic carbocycles. The van der Waals surface area contributed by atoms with Crippen LogP contribution in [0, 0.1) is 23.1 Å². The average molecular weight is 463 g/mol. The van der Waals surface area contributed by atoms with Crippen LogP contribution in [0.3, 0.4) is 0 Å². The van der Waals surface area contributed by atoms with Gasteiger partial charge in [-0.25, -0.2) is 13.8 Å². The standard InChI is InChI=1S/C22H25ClF2N6O/c23-19-17(25)18-16(11-27-19)20(30-6-1-3-14(10-26)4-8-30)29-21(28-18)32-13-22-5-2-7-31(22)12-15(24)9-22/h11,14-15H,1-9,12-13H2/t14?,15-,22+/m1/s1. The van der Waals surface area contributed by atoms with E-state index in [9.17, 15) is 14.0 Å². The maximum absolute atomic E-state index is 14.9. The number of halogens is 3. The van der Waals surface area contributed by atoms with Crippen LogP contribution in [0.2, 0.25) is 5.15 Å². The number of rotatable bonds is 4. The predicted octanol–water partition coefficient (Wildman–Crippen LogP) is 3.90. The Balaban J connectivity index is 1.48. The first-order chi connectivity index (χ1) is 15.5. The second-order valence-electron chi connectivity index (χ2n) is 9.06. The van der Waals surface area contributed by atoms with Crippen LogP contribution in [0.4, 0.5) is 14.6 Å². The number of ether oxygens (including phenoxy) is 1. The summed E-state index contributed by atoms with van der Waals surface area (Å²) in [5.41, 5.74) is -0.295. The molecule has 0 amide bonds. The Hall–Kier alpha value is -2.31. The van der Waals surface area contributed by atoms with Gasteiger partial charge in [0.25, 0.3) is 0 Å². The third-order valence-corrected chi connectivity index (χ3v) is 7.31. The van der Waals surface area contributed by atoms with Gasteiger partial charge in [0.15, 0.2) is 11.0 Å². The highest BCUT2D eigenvalue weighted by atomic mass is 35.5. The molecule has 7 nitrogen and oxygen atoms in total. The number of hydrogen-bond acceptors (Lipinski definition) is 7. The van der Waals surface area contributed by atoms with Crippen molar-refractivity contribution in [1.29, 1.82) is 5.26 Å². The molecule has 1 unspecified atom stereocenters. The second kappa shape index (κ2) is 8.56. The first-order valence-corrected chi connectivity index (χ1v) is 11.5. The molecule has 3 saturated heterocycles. The van der Waals surface area contributed by atoms with E-state index in [0.717, 1.165) is 32.2 Å². The molecule has 170 valence electrons. The summed E-state index contributed by atoms with van der Waals surface area (Å²) in [5, 5.41) is 9.50. The van der Waals surface area contributed by atoms with Crippen molar-refractivity contribution in [3.8, 4) is 12.1 Å². The van der Waals surface area contributed by atoms with Gasteiger partial charge >= 0.3 is 6.01 Å². The van der Waals surface area contributed by atoms with Crippen LogP contribution in [0.15, 0.2) is 6.20 Å². The Kier molecular flexibility index (Phi) is 5.76. The molecule has 32 heavy (non-hydrogen) atoms. The molecule has 0 N–H and O–H groups in total. The molecular weight excluding hydrogens is 438 g/mol. The summed E-state index contributed by atoms with van der Waals surface area (Å²) in [4.78, 5) is 17.1. The third-order valence-electron chi connectivity index (χ3n) is 7.04. The van der Waals surface area contributed by atoms with Gasteiger partial charge in [-0.2, -0.15) is 15.2 Å². The van der Waals surface area contributed by atoms with Crippen LogP contribution in [0.5, 0.6) is 6.01 Å². The quantitative estimate of drug-likeness (QED) is 0.637. The lowest BCUT2D eigenvalue weighted by atomic mass is 9.95. The summed E-state index contributed by atoms with van der Waals surface area (Å²) < 4.78 is 35.0. The van der Waals surface area contributed by atoms with Gasteiger partial charge in [0.2, 0.25) is 0 Å². The summed E-state index contributed by atoms with van der Waals surface area (Å²) in [7, 11) is 0. The number of aromatic nitrogens is 3. The molecular formula is C22H25ClF2N6O. The summed E-state index contributed by atoms with van der Waals surface area (Å²) in [6, 6.07) is 2.40. The van der Waals surface area contributed by atoms with E-state index in [1.807, 2.05) is 4.90 Å². The van der Waals surface area contributed by atoms with Gasteiger partial charge in [-0.1, -0.05) is 11.6 Å². The van der Waals surface area contributed by atoms with Gasteiger partial charge in [0.05, 0.1) is 17.0 Å². The number of fused-ring (bicyclic) bond motifs is 2. The molecule has 5 rings (SSSR count). The molecule has 2 aromatic heterocycles. The highest BCUT2D eigenvalue weighted by Crippen LogP contribution is 2.40. The molecule has 3 aliphatic heterocycles. The van der Waals surface area contributed by atoms with Gasteiger partial charge in [0.1, 0.15) is 24.1 Å². The van der Waals surface area contributed by atoms with Crippen LogP contribution in [-0.4, -0.2) is 64.3 Å². The van der Waals surface area contributed by atoms with Crippen LogP contribution < -0.4 is 9.64 Å². The van der Waals surface area contributed by atoms with Crippen molar-refractivity contribution in [2.24, 2.45) is 5.92 Å². The number of hydrogen-bond donors (Lipinski definition) is 0. The number of nitriles is 1. The molecule has 10 heteroatoms. The van der Waals surface area contributed by atoms with Crippen LogP contribution in [0.25, 0.3) is 10.9 Å². The monoisotopic (exact) mass is 462 g/mol. The fourth-order valence-electron chi connectivity index (χ4n) is 5.39. The molecule has 0 bridgehead atoms. The van der Waals surface area contributed by atoms with E-state index in [2.05, 4.69) is 25.9 Å². The number of anilines is 1. The van der Waals surface area contributed by atoms with Crippen molar-refractivity contribution in [3.63, 3.8) is 0 Å². The van der Waals surface area contributed by atoms with Crippen LogP contribution in [-0.2, 0) is 0 Å². The molecule has 0 spiro atoms. The van der Waals surface area contributed by atoms with Crippen molar-refractivity contribution in [2.75, 3.05) is 37.7 Å². The molecule has 0 saturated carbocycles. The van der Waals surface area contributed by atoms with E-state index in [1.165, 1.54) is 6.20 Å². The van der Waals surface area contributed by atoms with Gasteiger partial charge in [-0.05, 0) is 38.6 Å². The summed E-state index contributed by atoms with van der Waals surface area (Å²) in [6.07, 6.45) is 5.27. The van der Waals surface area contributed by atoms with E-state index in [-0.39, 0.29) is 34.7 Å². The number of nitrogens with zero attached hydrogens (tertiary/aromatic N) is 6. The fourth-order valence-corrected chi connectivity index (χ4v) is 5.53. The van der Waals surface area contributed by atoms with E-state index in [0.29, 0.717) is 43.7 Å². The Bertz CT molecular complexity index is 1060.